The highest BCUT2D eigenvalue weighted by atomic mass is 32.2. The molecule has 3 heteroatoms. The molecule has 104 valence electrons. The van der Waals surface area contributed by atoms with Crippen LogP contribution in [0.5, 0.6) is 0 Å². The number of fused-ring (bicyclic) bond motifs is 1. The van der Waals surface area contributed by atoms with Gasteiger partial charge in [-0.05, 0) is 49.4 Å². The van der Waals surface area contributed by atoms with E-state index in [1.165, 1.54) is 5.56 Å². The van der Waals surface area contributed by atoms with E-state index in [0.717, 1.165) is 24.0 Å². The minimum Gasteiger partial charge on any atom is -0.223 e. The summed E-state index contributed by atoms with van der Waals surface area (Å²) < 4.78 is 25.7. The van der Waals surface area contributed by atoms with Crippen LogP contribution in [0.3, 0.4) is 0 Å². The highest BCUT2D eigenvalue weighted by Gasteiger charge is 2.32. The van der Waals surface area contributed by atoms with Gasteiger partial charge in [0.25, 0.3) is 0 Å². The van der Waals surface area contributed by atoms with Crippen molar-refractivity contribution in [2.75, 3.05) is 0 Å². The zero-order valence-corrected chi connectivity index (χ0v) is 12.4. The molecule has 0 saturated carbocycles. The van der Waals surface area contributed by atoms with Crippen LogP contribution in [0.15, 0.2) is 53.4 Å². The van der Waals surface area contributed by atoms with Crippen LogP contribution in [0.2, 0.25) is 0 Å². The Morgan fingerprint density at radius 2 is 1.70 bits per heavy atom. The van der Waals surface area contributed by atoms with E-state index in [0.29, 0.717) is 11.3 Å². The predicted molar refractivity (Wildman–Crippen MR) is 80.5 cm³/mol. The fraction of sp³-hybridized carbons (Fsp3) is 0.294. The third-order valence-corrected chi connectivity index (χ3v) is 6.21. The Bertz CT molecular complexity index is 715. The van der Waals surface area contributed by atoms with Crippen molar-refractivity contribution in [1.82, 2.24) is 0 Å². The molecular weight excluding hydrogens is 268 g/mol. The molecule has 0 radical (unpaired) electrons. The van der Waals surface area contributed by atoms with Gasteiger partial charge < -0.3 is 0 Å². The van der Waals surface area contributed by atoms with Gasteiger partial charge >= 0.3 is 0 Å². The molecule has 1 unspecified atom stereocenters. The van der Waals surface area contributed by atoms with E-state index in [2.05, 4.69) is 0 Å². The maximum atomic E-state index is 12.9. The highest BCUT2D eigenvalue weighted by molar-refractivity contribution is 7.91. The highest BCUT2D eigenvalue weighted by Crippen LogP contribution is 2.38. The van der Waals surface area contributed by atoms with Crippen LogP contribution in [0, 0.1) is 6.92 Å². The molecule has 0 amide bonds. The minimum atomic E-state index is -3.29. The third-order valence-electron chi connectivity index (χ3n) is 4.04. The van der Waals surface area contributed by atoms with Crippen LogP contribution in [-0.2, 0) is 16.3 Å². The monoisotopic (exact) mass is 286 g/mol. The van der Waals surface area contributed by atoms with E-state index in [-0.39, 0.29) is 0 Å². The van der Waals surface area contributed by atoms with Crippen LogP contribution in [0.1, 0.15) is 34.8 Å². The molecule has 0 N–H and O–H groups in total. The molecule has 2 aromatic rings. The minimum absolute atomic E-state index is 0.393. The Morgan fingerprint density at radius 3 is 2.45 bits per heavy atom. The van der Waals surface area contributed by atoms with E-state index in [9.17, 15) is 8.42 Å². The van der Waals surface area contributed by atoms with Crippen LogP contribution >= 0.6 is 0 Å². The molecule has 1 aliphatic rings. The lowest BCUT2D eigenvalue weighted by atomic mass is 9.91. The third kappa shape index (κ3) is 2.27. The predicted octanol–water partition coefficient (Wildman–Crippen LogP) is 3.85. The SMILES string of the molecule is Cc1ccc(S(=O)(=O)C2CCCc3ccccc32)cc1. The zero-order chi connectivity index (χ0) is 14.2. The normalized spacial score (nSPS) is 18.6. The van der Waals surface area contributed by atoms with E-state index >= 15 is 0 Å². The average Bonchev–Trinajstić information content (AvgIpc) is 2.47. The van der Waals surface area contributed by atoms with Crippen molar-refractivity contribution in [3.63, 3.8) is 0 Å². The van der Waals surface area contributed by atoms with Crippen molar-refractivity contribution < 1.29 is 8.42 Å². The van der Waals surface area contributed by atoms with Gasteiger partial charge in [-0.25, -0.2) is 8.42 Å². The van der Waals surface area contributed by atoms with E-state index < -0.39 is 15.1 Å². The molecule has 1 aliphatic carbocycles. The van der Waals surface area contributed by atoms with Gasteiger partial charge in [0, 0.05) is 0 Å². The number of hydrogen-bond donors (Lipinski definition) is 0. The topological polar surface area (TPSA) is 34.1 Å². The molecule has 0 saturated heterocycles. The lowest BCUT2D eigenvalue weighted by Gasteiger charge is -2.25. The van der Waals surface area contributed by atoms with Gasteiger partial charge in [-0.3, -0.25) is 0 Å². The van der Waals surface area contributed by atoms with Crippen molar-refractivity contribution in [2.24, 2.45) is 0 Å². The van der Waals surface area contributed by atoms with Gasteiger partial charge in [0.2, 0.25) is 0 Å². The summed E-state index contributed by atoms with van der Waals surface area (Å²) in [6, 6.07) is 15.1. The molecular formula is C17H18O2S. The molecule has 0 aliphatic heterocycles. The number of benzene rings is 2. The number of aryl methyl sites for hydroxylation is 2. The van der Waals surface area contributed by atoms with Crippen LogP contribution in [0.4, 0.5) is 0 Å². The summed E-state index contributed by atoms with van der Waals surface area (Å²) in [5.41, 5.74) is 3.24. The second-order valence-electron chi connectivity index (χ2n) is 5.44. The van der Waals surface area contributed by atoms with Crippen molar-refractivity contribution in [1.29, 1.82) is 0 Å². The molecule has 3 rings (SSSR count). The Hall–Kier alpha value is -1.61. The van der Waals surface area contributed by atoms with Crippen molar-refractivity contribution in [3.8, 4) is 0 Å². The average molecular weight is 286 g/mol. The molecule has 20 heavy (non-hydrogen) atoms. The van der Waals surface area contributed by atoms with Gasteiger partial charge in [0.15, 0.2) is 9.84 Å². The van der Waals surface area contributed by atoms with Crippen molar-refractivity contribution >= 4 is 9.84 Å². The van der Waals surface area contributed by atoms with E-state index in [1.807, 2.05) is 43.3 Å². The first-order valence-electron chi connectivity index (χ1n) is 6.97. The first kappa shape index (κ1) is 13.4. The van der Waals surface area contributed by atoms with E-state index in [4.69, 9.17) is 0 Å². The van der Waals surface area contributed by atoms with E-state index in [1.54, 1.807) is 12.1 Å². The quantitative estimate of drug-likeness (QED) is 0.840. The number of rotatable bonds is 2. The standard InChI is InChI=1S/C17H18O2S/c1-13-9-11-15(12-10-13)20(18,19)17-8-4-6-14-5-2-3-7-16(14)17/h2-3,5,7,9-12,17H,4,6,8H2,1H3. The summed E-state index contributed by atoms with van der Waals surface area (Å²) in [6.07, 6.45) is 2.64. The summed E-state index contributed by atoms with van der Waals surface area (Å²) in [5, 5.41) is -0.393. The summed E-state index contributed by atoms with van der Waals surface area (Å²) in [7, 11) is -3.29. The summed E-state index contributed by atoms with van der Waals surface area (Å²) in [5.74, 6) is 0. The molecule has 0 heterocycles. The summed E-state index contributed by atoms with van der Waals surface area (Å²) >= 11 is 0. The second kappa shape index (κ2) is 5.06. The molecule has 0 bridgehead atoms. The molecule has 0 spiro atoms. The van der Waals surface area contributed by atoms with Crippen molar-refractivity contribution in [2.45, 2.75) is 36.3 Å². The molecule has 0 aromatic heterocycles. The smallest absolute Gasteiger partial charge is 0.185 e. The number of hydrogen-bond acceptors (Lipinski definition) is 2. The van der Waals surface area contributed by atoms with Gasteiger partial charge in [-0.15, -0.1) is 0 Å². The second-order valence-corrected chi connectivity index (χ2v) is 7.57. The Morgan fingerprint density at radius 1 is 1.00 bits per heavy atom. The van der Waals surface area contributed by atoms with Gasteiger partial charge in [-0.1, -0.05) is 42.0 Å². The largest absolute Gasteiger partial charge is 0.223 e. The van der Waals surface area contributed by atoms with Crippen LogP contribution in [0.25, 0.3) is 0 Å². The van der Waals surface area contributed by atoms with Crippen molar-refractivity contribution in [3.05, 3.63) is 65.2 Å². The first-order valence-corrected chi connectivity index (χ1v) is 8.52. The van der Waals surface area contributed by atoms with Gasteiger partial charge in [0.1, 0.15) is 0 Å². The van der Waals surface area contributed by atoms with Crippen LogP contribution in [-0.4, -0.2) is 8.42 Å². The van der Waals surface area contributed by atoms with Crippen LogP contribution < -0.4 is 0 Å². The summed E-state index contributed by atoms with van der Waals surface area (Å²) in [6.45, 7) is 1.96. The Labute approximate surface area is 120 Å². The molecule has 0 fully saturated rings. The molecule has 2 aromatic carbocycles. The van der Waals surface area contributed by atoms with Gasteiger partial charge in [-0.2, -0.15) is 0 Å². The zero-order valence-electron chi connectivity index (χ0n) is 11.5. The summed E-state index contributed by atoms with van der Waals surface area (Å²) in [4.78, 5) is 0.435. The fourth-order valence-corrected chi connectivity index (χ4v) is 4.81. The maximum absolute atomic E-state index is 12.9. The molecule has 2 nitrogen and oxygen atoms in total. The Balaban J connectivity index is 2.07. The number of sulfone groups is 1. The van der Waals surface area contributed by atoms with Gasteiger partial charge in [0.05, 0.1) is 10.1 Å². The first-order chi connectivity index (χ1) is 9.59. The Kier molecular flexibility index (Phi) is 3.38. The lowest BCUT2D eigenvalue weighted by Crippen LogP contribution is -2.19. The lowest BCUT2D eigenvalue weighted by molar-refractivity contribution is 0.560. The molecule has 1 atom stereocenters. The maximum Gasteiger partial charge on any atom is 0.185 e. The fourth-order valence-electron chi connectivity index (χ4n) is 2.92.